The lowest BCUT2D eigenvalue weighted by Crippen LogP contribution is -2.12. The molecule has 0 spiro atoms. The van der Waals surface area contributed by atoms with Crippen LogP contribution in [0, 0.1) is 0 Å². The zero-order chi connectivity index (χ0) is 15.2. The Hall–Kier alpha value is -0.620. The van der Waals surface area contributed by atoms with Crippen molar-refractivity contribution in [3.05, 3.63) is 28.7 Å². The summed E-state index contributed by atoms with van der Waals surface area (Å²) in [6.07, 6.45) is 2.28. The maximum Gasteiger partial charge on any atom is 0.119 e. The van der Waals surface area contributed by atoms with Crippen molar-refractivity contribution in [3.8, 4) is 5.75 Å². The summed E-state index contributed by atoms with van der Waals surface area (Å²) >= 11 is 3.38. The van der Waals surface area contributed by atoms with Crippen molar-refractivity contribution in [1.29, 1.82) is 0 Å². The highest BCUT2D eigenvalue weighted by Crippen LogP contribution is 2.15. The van der Waals surface area contributed by atoms with Gasteiger partial charge < -0.3 is 18.9 Å². The normalized spacial score (nSPS) is 10.8. The highest BCUT2D eigenvalue weighted by atomic mass is 79.9. The van der Waals surface area contributed by atoms with Crippen LogP contribution in [0.15, 0.2) is 28.7 Å². The summed E-state index contributed by atoms with van der Waals surface area (Å²) in [6, 6.07) is 7.75. The Balaban J connectivity index is 1.81. The van der Waals surface area contributed by atoms with E-state index >= 15 is 0 Å². The molecule has 0 aliphatic rings. The van der Waals surface area contributed by atoms with E-state index in [0.717, 1.165) is 29.7 Å². The minimum Gasteiger partial charge on any atom is -0.491 e. The van der Waals surface area contributed by atoms with Gasteiger partial charge in [-0.3, -0.25) is 0 Å². The molecular formula is C16H25BrO4. The van der Waals surface area contributed by atoms with Crippen molar-refractivity contribution in [1.82, 2.24) is 0 Å². The molecule has 0 fully saturated rings. The van der Waals surface area contributed by atoms with Gasteiger partial charge in [0.05, 0.1) is 33.0 Å². The van der Waals surface area contributed by atoms with Gasteiger partial charge >= 0.3 is 0 Å². The van der Waals surface area contributed by atoms with Gasteiger partial charge in [-0.2, -0.15) is 0 Å². The number of hydrogen-bond donors (Lipinski definition) is 0. The molecule has 0 radical (unpaired) electrons. The van der Waals surface area contributed by atoms with E-state index < -0.39 is 0 Å². The molecule has 1 rings (SSSR count). The molecule has 0 saturated heterocycles. The zero-order valence-corrected chi connectivity index (χ0v) is 14.3. The van der Waals surface area contributed by atoms with Crippen molar-refractivity contribution >= 4 is 15.9 Å². The second-order valence-corrected chi connectivity index (χ2v) is 5.41. The van der Waals surface area contributed by atoms with E-state index in [9.17, 15) is 0 Å². The Morgan fingerprint density at radius 2 is 1.29 bits per heavy atom. The number of rotatable bonds is 13. The zero-order valence-electron chi connectivity index (χ0n) is 12.7. The molecule has 0 aliphatic heterocycles. The minimum atomic E-state index is 0.543. The fourth-order valence-electron chi connectivity index (χ4n) is 1.54. The van der Waals surface area contributed by atoms with Crippen LogP contribution in [-0.4, -0.2) is 46.2 Å². The summed E-state index contributed by atoms with van der Waals surface area (Å²) in [5, 5.41) is 0. The molecule has 0 aromatic heterocycles. The van der Waals surface area contributed by atoms with Crippen LogP contribution < -0.4 is 4.74 Å². The van der Waals surface area contributed by atoms with Crippen LogP contribution in [0.2, 0.25) is 0 Å². The second kappa shape index (κ2) is 13.1. The van der Waals surface area contributed by atoms with E-state index in [1.54, 1.807) is 0 Å². The average molecular weight is 361 g/mol. The van der Waals surface area contributed by atoms with Crippen molar-refractivity contribution in [2.24, 2.45) is 0 Å². The first-order valence-electron chi connectivity index (χ1n) is 7.44. The summed E-state index contributed by atoms with van der Waals surface area (Å²) < 4.78 is 22.8. The molecule has 0 aliphatic carbocycles. The lowest BCUT2D eigenvalue weighted by atomic mass is 10.3. The molecule has 120 valence electrons. The summed E-state index contributed by atoms with van der Waals surface area (Å²) in [5.74, 6) is 0.849. The number of benzene rings is 1. The topological polar surface area (TPSA) is 36.9 Å². The van der Waals surface area contributed by atoms with Gasteiger partial charge in [0.25, 0.3) is 0 Å². The SMILES string of the molecule is CCCCOCCOCCOCCOc1ccc(Br)cc1. The Labute approximate surface area is 135 Å². The van der Waals surface area contributed by atoms with E-state index in [2.05, 4.69) is 22.9 Å². The van der Waals surface area contributed by atoms with Crippen LogP contribution in [-0.2, 0) is 14.2 Å². The average Bonchev–Trinajstić information content (AvgIpc) is 2.50. The molecule has 0 unspecified atom stereocenters. The summed E-state index contributed by atoms with van der Waals surface area (Å²) in [5.41, 5.74) is 0. The lowest BCUT2D eigenvalue weighted by Gasteiger charge is -2.08. The molecule has 5 heteroatoms. The van der Waals surface area contributed by atoms with E-state index in [1.165, 1.54) is 0 Å². The van der Waals surface area contributed by atoms with Gasteiger partial charge in [-0.15, -0.1) is 0 Å². The number of ether oxygens (including phenoxy) is 4. The van der Waals surface area contributed by atoms with Crippen molar-refractivity contribution in [2.75, 3.05) is 46.2 Å². The molecule has 21 heavy (non-hydrogen) atoms. The summed E-state index contributed by atoms with van der Waals surface area (Å²) in [7, 11) is 0. The van der Waals surface area contributed by atoms with E-state index in [-0.39, 0.29) is 0 Å². The van der Waals surface area contributed by atoms with E-state index in [4.69, 9.17) is 18.9 Å². The van der Waals surface area contributed by atoms with Gasteiger partial charge in [-0.1, -0.05) is 29.3 Å². The minimum absolute atomic E-state index is 0.543. The van der Waals surface area contributed by atoms with Gasteiger partial charge in [0, 0.05) is 11.1 Å². The molecule has 0 atom stereocenters. The summed E-state index contributed by atoms with van der Waals surface area (Å²) in [4.78, 5) is 0. The quantitative estimate of drug-likeness (QED) is 0.503. The maximum absolute atomic E-state index is 5.54. The first-order chi connectivity index (χ1) is 10.3. The predicted molar refractivity (Wildman–Crippen MR) is 87.0 cm³/mol. The van der Waals surface area contributed by atoms with Crippen molar-refractivity contribution in [3.63, 3.8) is 0 Å². The van der Waals surface area contributed by atoms with Gasteiger partial charge in [0.2, 0.25) is 0 Å². The maximum atomic E-state index is 5.54. The first kappa shape index (κ1) is 18.4. The third-order valence-electron chi connectivity index (χ3n) is 2.70. The Kier molecular flexibility index (Phi) is 11.5. The van der Waals surface area contributed by atoms with Gasteiger partial charge in [-0.25, -0.2) is 0 Å². The van der Waals surface area contributed by atoms with Crippen LogP contribution in [0.4, 0.5) is 0 Å². The third-order valence-corrected chi connectivity index (χ3v) is 3.22. The molecule has 0 N–H and O–H groups in total. The Morgan fingerprint density at radius 3 is 1.86 bits per heavy atom. The number of halogens is 1. The van der Waals surface area contributed by atoms with Gasteiger partial charge in [0.15, 0.2) is 0 Å². The molecule has 0 amide bonds. The van der Waals surface area contributed by atoms with Gasteiger partial charge in [-0.05, 0) is 30.7 Å². The third kappa shape index (κ3) is 10.7. The Bertz CT molecular complexity index is 343. The van der Waals surface area contributed by atoms with Crippen LogP contribution in [0.3, 0.4) is 0 Å². The highest BCUT2D eigenvalue weighted by molar-refractivity contribution is 9.10. The fraction of sp³-hybridized carbons (Fsp3) is 0.625. The van der Waals surface area contributed by atoms with Crippen LogP contribution in [0.25, 0.3) is 0 Å². The molecule has 1 aromatic rings. The van der Waals surface area contributed by atoms with Gasteiger partial charge in [0.1, 0.15) is 12.4 Å². The van der Waals surface area contributed by atoms with E-state index in [0.29, 0.717) is 39.6 Å². The van der Waals surface area contributed by atoms with E-state index in [1.807, 2.05) is 24.3 Å². The molecule has 4 nitrogen and oxygen atoms in total. The first-order valence-corrected chi connectivity index (χ1v) is 8.24. The monoisotopic (exact) mass is 360 g/mol. The predicted octanol–water partition coefficient (Wildman–Crippen LogP) is 3.68. The van der Waals surface area contributed by atoms with Crippen molar-refractivity contribution < 1.29 is 18.9 Å². The Morgan fingerprint density at radius 1 is 0.762 bits per heavy atom. The molecule has 1 aromatic carbocycles. The summed E-state index contributed by atoms with van der Waals surface area (Å²) in [6.45, 7) is 6.54. The molecule has 0 saturated carbocycles. The van der Waals surface area contributed by atoms with Crippen molar-refractivity contribution in [2.45, 2.75) is 19.8 Å². The highest BCUT2D eigenvalue weighted by Gasteiger charge is 1.95. The van der Waals surface area contributed by atoms with Crippen LogP contribution in [0.5, 0.6) is 5.75 Å². The molecular weight excluding hydrogens is 336 g/mol. The van der Waals surface area contributed by atoms with Crippen LogP contribution in [0.1, 0.15) is 19.8 Å². The molecule has 0 bridgehead atoms. The van der Waals surface area contributed by atoms with Crippen LogP contribution >= 0.6 is 15.9 Å². The second-order valence-electron chi connectivity index (χ2n) is 4.49. The largest absolute Gasteiger partial charge is 0.491 e. The standard InChI is InChI=1S/C16H25BrO4/c1-2-3-8-18-9-10-19-11-12-20-13-14-21-16-6-4-15(17)5-7-16/h4-7H,2-3,8-14H2,1H3. The number of unbranched alkanes of at least 4 members (excludes halogenated alkanes) is 1. The number of hydrogen-bond acceptors (Lipinski definition) is 4. The molecule has 0 heterocycles. The lowest BCUT2D eigenvalue weighted by molar-refractivity contribution is 0.00895. The fourth-order valence-corrected chi connectivity index (χ4v) is 1.80. The smallest absolute Gasteiger partial charge is 0.119 e.